The van der Waals surface area contributed by atoms with Crippen molar-refractivity contribution in [2.45, 2.75) is 65.8 Å². The molecule has 2 heteroatoms. The standard InChI is InChI=1S/C16H33NS/c1-5-9-17-16(12-18-10-6-2)15-8-7-13(3)14(4)11-15/h13-17H,5-12H2,1-4H3. The smallest absolute Gasteiger partial charge is 0.0186 e. The summed E-state index contributed by atoms with van der Waals surface area (Å²) in [5, 5.41) is 3.81. The van der Waals surface area contributed by atoms with Crippen molar-refractivity contribution in [3.63, 3.8) is 0 Å². The molecular weight excluding hydrogens is 238 g/mol. The fourth-order valence-electron chi connectivity index (χ4n) is 3.00. The Hall–Kier alpha value is 0.310. The van der Waals surface area contributed by atoms with E-state index in [1.807, 2.05) is 0 Å². The number of thioether (sulfide) groups is 1. The van der Waals surface area contributed by atoms with Gasteiger partial charge in [0.1, 0.15) is 0 Å². The molecule has 0 aromatic rings. The van der Waals surface area contributed by atoms with E-state index in [0.29, 0.717) is 0 Å². The highest BCUT2D eigenvalue weighted by Crippen LogP contribution is 2.35. The molecule has 1 aliphatic rings. The molecule has 18 heavy (non-hydrogen) atoms. The van der Waals surface area contributed by atoms with Crippen LogP contribution in [-0.2, 0) is 0 Å². The maximum Gasteiger partial charge on any atom is 0.0186 e. The van der Waals surface area contributed by atoms with Gasteiger partial charge in [0.25, 0.3) is 0 Å². The van der Waals surface area contributed by atoms with Crippen LogP contribution in [0.25, 0.3) is 0 Å². The summed E-state index contributed by atoms with van der Waals surface area (Å²) < 4.78 is 0. The first kappa shape index (κ1) is 16.4. The van der Waals surface area contributed by atoms with Gasteiger partial charge in [-0.15, -0.1) is 0 Å². The zero-order valence-corrected chi connectivity index (χ0v) is 13.7. The highest BCUT2D eigenvalue weighted by Gasteiger charge is 2.29. The van der Waals surface area contributed by atoms with Crippen molar-refractivity contribution >= 4 is 11.8 Å². The van der Waals surface area contributed by atoms with Gasteiger partial charge in [-0.1, -0.05) is 34.1 Å². The molecule has 4 atom stereocenters. The molecule has 4 unspecified atom stereocenters. The average Bonchev–Trinajstić information content (AvgIpc) is 2.37. The molecule has 0 heterocycles. The van der Waals surface area contributed by atoms with E-state index in [2.05, 4.69) is 44.8 Å². The van der Waals surface area contributed by atoms with Crippen LogP contribution in [0.3, 0.4) is 0 Å². The van der Waals surface area contributed by atoms with Gasteiger partial charge in [0, 0.05) is 11.8 Å². The van der Waals surface area contributed by atoms with Gasteiger partial charge in [-0.25, -0.2) is 0 Å². The Morgan fingerprint density at radius 2 is 1.89 bits per heavy atom. The van der Waals surface area contributed by atoms with E-state index in [1.54, 1.807) is 0 Å². The summed E-state index contributed by atoms with van der Waals surface area (Å²) in [7, 11) is 0. The highest BCUT2D eigenvalue weighted by atomic mass is 32.2. The first-order valence-electron chi connectivity index (χ1n) is 8.00. The second kappa shape index (κ2) is 9.25. The Balaban J connectivity index is 2.42. The predicted molar refractivity (Wildman–Crippen MR) is 85.4 cm³/mol. The summed E-state index contributed by atoms with van der Waals surface area (Å²) >= 11 is 2.14. The number of hydrogen-bond acceptors (Lipinski definition) is 2. The minimum absolute atomic E-state index is 0.761. The van der Waals surface area contributed by atoms with Gasteiger partial charge >= 0.3 is 0 Å². The maximum absolute atomic E-state index is 3.81. The average molecular weight is 272 g/mol. The molecule has 1 rings (SSSR count). The summed E-state index contributed by atoms with van der Waals surface area (Å²) in [5.41, 5.74) is 0. The Morgan fingerprint density at radius 1 is 1.11 bits per heavy atom. The van der Waals surface area contributed by atoms with Crippen molar-refractivity contribution < 1.29 is 0 Å². The molecule has 0 amide bonds. The lowest BCUT2D eigenvalue weighted by atomic mass is 9.73. The predicted octanol–water partition coefficient (Wildman–Crippen LogP) is 4.57. The fraction of sp³-hybridized carbons (Fsp3) is 1.00. The number of nitrogens with one attached hydrogen (secondary N) is 1. The van der Waals surface area contributed by atoms with Gasteiger partial charge in [0.2, 0.25) is 0 Å². The normalized spacial score (nSPS) is 30.3. The minimum atomic E-state index is 0.761. The van der Waals surface area contributed by atoms with Crippen molar-refractivity contribution in [1.82, 2.24) is 5.32 Å². The summed E-state index contributed by atoms with van der Waals surface area (Å²) in [5.74, 6) is 5.43. The Bertz CT molecular complexity index is 207. The molecule has 0 aromatic carbocycles. The lowest BCUT2D eigenvalue weighted by Crippen LogP contribution is -2.41. The molecule has 0 spiro atoms. The summed E-state index contributed by atoms with van der Waals surface area (Å²) in [6.07, 6.45) is 6.89. The molecule has 0 bridgehead atoms. The molecule has 0 aromatic heterocycles. The molecule has 1 nitrogen and oxygen atoms in total. The van der Waals surface area contributed by atoms with Gasteiger partial charge in [-0.05, 0) is 55.7 Å². The summed E-state index contributed by atoms with van der Waals surface area (Å²) in [6, 6.07) is 0.761. The Labute approximate surface area is 119 Å². The van der Waals surface area contributed by atoms with Crippen LogP contribution < -0.4 is 5.32 Å². The lowest BCUT2D eigenvalue weighted by Gasteiger charge is -2.37. The first-order valence-corrected chi connectivity index (χ1v) is 9.15. The third kappa shape index (κ3) is 5.52. The quantitative estimate of drug-likeness (QED) is 0.649. The van der Waals surface area contributed by atoms with E-state index in [9.17, 15) is 0 Å². The van der Waals surface area contributed by atoms with E-state index in [4.69, 9.17) is 0 Å². The first-order chi connectivity index (χ1) is 8.69. The van der Waals surface area contributed by atoms with E-state index in [1.165, 1.54) is 50.2 Å². The second-order valence-electron chi connectivity index (χ2n) is 6.16. The zero-order valence-electron chi connectivity index (χ0n) is 12.9. The van der Waals surface area contributed by atoms with Crippen LogP contribution in [0.5, 0.6) is 0 Å². The number of rotatable bonds is 8. The van der Waals surface area contributed by atoms with Crippen LogP contribution in [0.4, 0.5) is 0 Å². The zero-order chi connectivity index (χ0) is 13.4. The van der Waals surface area contributed by atoms with Gasteiger partial charge < -0.3 is 5.32 Å². The summed E-state index contributed by atoms with van der Waals surface area (Å²) in [6.45, 7) is 10.6. The Kier molecular flexibility index (Phi) is 8.41. The SMILES string of the molecule is CCCNC(CSCCC)C1CCC(C)C(C)C1. The third-order valence-corrected chi connectivity index (χ3v) is 5.80. The molecule has 1 saturated carbocycles. The van der Waals surface area contributed by atoms with Crippen molar-refractivity contribution in [3.8, 4) is 0 Å². The third-order valence-electron chi connectivity index (χ3n) is 4.51. The van der Waals surface area contributed by atoms with Crippen molar-refractivity contribution in [2.24, 2.45) is 17.8 Å². The Morgan fingerprint density at radius 3 is 2.50 bits per heavy atom. The molecule has 0 aliphatic heterocycles. The second-order valence-corrected chi connectivity index (χ2v) is 7.31. The maximum atomic E-state index is 3.81. The minimum Gasteiger partial charge on any atom is -0.313 e. The highest BCUT2D eigenvalue weighted by molar-refractivity contribution is 7.99. The number of hydrogen-bond donors (Lipinski definition) is 1. The van der Waals surface area contributed by atoms with Gasteiger partial charge in [0.15, 0.2) is 0 Å². The van der Waals surface area contributed by atoms with Crippen LogP contribution >= 0.6 is 11.8 Å². The van der Waals surface area contributed by atoms with Crippen molar-refractivity contribution in [2.75, 3.05) is 18.1 Å². The monoisotopic (exact) mass is 271 g/mol. The largest absolute Gasteiger partial charge is 0.313 e. The van der Waals surface area contributed by atoms with E-state index in [0.717, 1.165) is 23.8 Å². The van der Waals surface area contributed by atoms with Gasteiger partial charge in [-0.3, -0.25) is 0 Å². The van der Waals surface area contributed by atoms with Gasteiger partial charge in [-0.2, -0.15) is 11.8 Å². The molecule has 1 fully saturated rings. The van der Waals surface area contributed by atoms with Gasteiger partial charge in [0.05, 0.1) is 0 Å². The molecule has 108 valence electrons. The van der Waals surface area contributed by atoms with Crippen LogP contribution in [0, 0.1) is 17.8 Å². The van der Waals surface area contributed by atoms with Crippen LogP contribution in [0.15, 0.2) is 0 Å². The van der Waals surface area contributed by atoms with E-state index < -0.39 is 0 Å². The van der Waals surface area contributed by atoms with E-state index >= 15 is 0 Å². The lowest BCUT2D eigenvalue weighted by molar-refractivity contribution is 0.178. The molecule has 1 N–H and O–H groups in total. The molecular formula is C16H33NS. The van der Waals surface area contributed by atoms with Crippen LogP contribution in [0.1, 0.15) is 59.8 Å². The molecule has 0 radical (unpaired) electrons. The van der Waals surface area contributed by atoms with E-state index in [-0.39, 0.29) is 0 Å². The fourth-order valence-corrected chi connectivity index (χ4v) is 4.10. The van der Waals surface area contributed by atoms with Crippen molar-refractivity contribution in [3.05, 3.63) is 0 Å². The van der Waals surface area contributed by atoms with Crippen LogP contribution in [-0.4, -0.2) is 24.1 Å². The van der Waals surface area contributed by atoms with Crippen molar-refractivity contribution in [1.29, 1.82) is 0 Å². The molecule has 0 saturated heterocycles. The molecule has 1 aliphatic carbocycles. The van der Waals surface area contributed by atoms with Crippen LogP contribution in [0.2, 0.25) is 0 Å². The topological polar surface area (TPSA) is 12.0 Å². The summed E-state index contributed by atoms with van der Waals surface area (Å²) in [4.78, 5) is 0.